The van der Waals surface area contributed by atoms with Crippen LogP contribution in [-0.4, -0.2) is 36.3 Å². The van der Waals surface area contributed by atoms with Crippen LogP contribution in [0.15, 0.2) is 88.4 Å². The molecule has 0 bridgehead atoms. The number of aromatic nitrogens is 1. The van der Waals surface area contributed by atoms with Crippen molar-refractivity contribution in [2.75, 3.05) is 13.2 Å². The maximum Gasteiger partial charge on any atom is 0.343 e. The molecule has 8 nitrogen and oxygen atoms in total. The van der Waals surface area contributed by atoms with E-state index in [0.29, 0.717) is 46.6 Å². The normalized spacial score (nSPS) is 11.1. The predicted molar refractivity (Wildman–Crippen MR) is 184 cm³/mol. The Kier molecular flexibility index (Phi) is 10.2. The molecule has 0 aliphatic carbocycles. The number of aromatic amines is 1. The molecule has 44 heavy (non-hydrogen) atoms. The van der Waals surface area contributed by atoms with Crippen LogP contribution < -0.4 is 19.6 Å². The second kappa shape index (κ2) is 14.3. The molecule has 5 rings (SSSR count). The molecular formula is C33H26BrClIN3O5. The van der Waals surface area contributed by atoms with Gasteiger partial charge in [0.15, 0.2) is 11.5 Å². The van der Waals surface area contributed by atoms with Gasteiger partial charge < -0.3 is 19.2 Å². The Morgan fingerprint density at radius 1 is 0.955 bits per heavy atom. The highest BCUT2D eigenvalue weighted by Gasteiger charge is 2.22. The van der Waals surface area contributed by atoms with Crippen molar-refractivity contribution in [2.45, 2.75) is 13.8 Å². The molecule has 224 valence electrons. The predicted octanol–water partition coefficient (Wildman–Crippen LogP) is 8.64. The number of esters is 1. The number of fused-ring (bicyclic) bond motifs is 1. The zero-order valence-corrected chi connectivity index (χ0v) is 28.1. The van der Waals surface area contributed by atoms with E-state index in [2.05, 4.69) is 54.0 Å². The molecule has 1 amide bonds. The van der Waals surface area contributed by atoms with Crippen LogP contribution in [0.25, 0.3) is 22.0 Å². The molecule has 0 spiro atoms. The molecular weight excluding hydrogens is 761 g/mol. The van der Waals surface area contributed by atoms with E-state index in [1.807, 2.05) is 50.2 Å². The Bertz CT molecular complexity index is 1890. The fourth-order valence-corrected chi connectivity index (χ4v) is 5.80. The fraction of sp³-hybridized carbons (Fsp3) is 0.121. The highest BCUT2D eigenvalue weighted by Crippen LogP contribution is 2.38. The number of halogens is 3. The van der Waals surface area contributed by atoms with Gasteiger partial charge in [-0.05, 0) is 85.0 Å². The first kappa shape index (κ1) is 31.6. The Hall–Kier alpha value is -3.87. The Morgan fingerprint density at radius 3 is 2.48 bits per heavy atom. The van der Waals surface area contributed by atoms with Crippen molar-refractivity contribution in [1.29, 1.82) is 0 Å². The fourth-order valence-electron chi connectivity index (χ4n) is 4.56. The molecule has 1 aromatic heterocycles. The van der Waals surface area contributed by atoms with Gasteiger partial charge in [-0.15, -0.1) is 0 Å². The van der Waals surface area contributed by atoms with Gasteiger partial charge in [-0.2, -0.15) is 5.10 Å². The largest absolute Gasteiger partial charge is 0.490 e. The smallest absolute Gasteiger partial charge is 0.343 e. The zero-order chi connectivity index (χ0) is 31.2. The second-order valence-electron chi connectivity index (χ2n) is 9.32. The van der Waals surface area contributed by atoms with Crippen molar-refractivity contribution in [3.05, 3.63) is 109 Å². The minimum Gasteiger partial charge on any atom is -0.490 e. The van der Waals surface area contributed by atoms with E-state index in [4.69, 9.17) is 25.8 Å². The summed E-state index contributed by atoms with van der Waals surface area (Å²) in [5.74, 6) is 0.189. The van der Waals surface area contributed by atoms with Gasteiger partial charge in [0.25, 0.3) is 5.91 Å². The zero-order valence-electron chi connectivity index (χ0n) is 23.6. The number of benzene rings is 4. The molecule has 0 atom stereocenters. The van der Waals surface area contributed by atoms with Gasteiger partial charge in [-0.3, -0.25) is 4.79 Å². The van der Waals surface area contributed by atoms with Crippen LogP contribution in [0.5, 0.6) is 17.2 Å². The summed E-state index contributed by atoms with van der Waals surface area (Å²) in [6, 6.07) is 23.2. The number of nitrogens with zero attached hydrogens (tertiary/aromatic N) is 1. The van der Waals surface area contributed by atoms with E-state index < -0.39 is 11.9 Å². The summed E-state index contributed by atoms with van der Waals surface area (Å²) in [7, 11) is 0. The van der Waals surface area contributed by atoms with Crippen molar-refractivity contribution in [2.24, 2.45) is 5.10 Å². The third-order valence-corrected chi connectivity index (χ3v) is 8.20. The SMILES string of the molecule is CCOc1ccc(C(=O)Oc2ccc(Br)cc2C=NNC(=O)c2[nH]c3c(I)cccc3c2-c2ccccc2Cl)cc1OCC. The Balaban J connectivity index is 1.40. The summed E-state index contributed by atoms with van der Waals surface area (Å²) in [6.07, 6.45) is 1.41. The van der Waals surface area contributed by atoms with E-state index >= 15 is 0 Å². The first-order valence-electron chi connectivity index (χ1n) is 13.6. The Morgan fingerprint density at radius 2 is 1.70 bits per heavy atom. The number of carbonyl (C=O) groups excluding carboxylic acids is 2. The lowest BCUT2D eigenvalue weighted by atomic mass is 10.0. The van der Waals surface area contributed by atoms with Crippen LogP contribution in [0, 0.1) is 3.57 Å². The van der Waals surface area contributed by atoms with Gasteiger partial charge in [-0.25, -0.2) is 10.2 Å². The maximum atomic E-state index is 13.5. The average molecular weight is 787 g/mol. The molecule has 1 heterocycles. The molecule has 0 saturated carbocycles. The quantitative estimate of drug-likeness (QED) is 0.0486. The monoisotopic (exact) mass is 785 g/mol. The van der Waals surface area contributed by atoms with Gasteiger partial charge in [0.05, 0.1) is 30.5 Å². The summed E-state index contributed by atoms with van der Waals surface area (Å²) < 4.78 is 18.6. The number of hydrazone groups is 1. The highest BCUT2D eigenvalue weighted by atomic mass is 127. The minimum atomic E-state index is -0.591. The van der Waals surface area contributed by atoms with Gasteiger partial charge in [0.1, 0.15) is 11.4 Å². The topological polar surface area (TPSA) is 102 Å². The van der Waals surface area contributed by atoms with E-state index in [9.17, 15) is 9.59 Å². The number of ether oxygens (including phenoxy) is 3. The van der Waals surface area contributed by atoms with Crippen LogP contribution in [-0.2, 0) is 0 Å². The number of hydrogen-bond acceptors (Lipinski definition) is 6. The van der Waals surface area contributed by atoms with Crippen molar-refractivity contribution >= 4 is 79.1 Å². The van der Waals surface area contributed by atoms with Gasteiger partial charge in [0.2, 0.25) is 0 Å². The lowest BCUT2D eigenvalue weighted by Gasteiger charge is -2.13. The maximum absolute atomic E-state index is 13.5. The van der Waals surface area contributed by atoms with E-state index in [1.54, 1.807) is 42.5 Å². The van der Waals surface area contributed by atoms with Crippen molar-refractivity contribution in [1.82, 2.24) is 10.4 Å². The lowest BCUT2D eigenvalue weighted by molar-refractivity contribution is 0.0733. The summed E-state index contributed by atoms with van der Waals surface area (Å²) in [5, 5.41) is 5.57. The summed E-state index contributed by atoms with van der Waals surface area (Å²) in [5.41, 5.74) is 5.88. The number of hydrogen-bond donors (Lipinski definition) is 2. The first-order chi connectivity index (χ1) is 21.3. The second-order valence-corrected chi connectivity index (χ2v) is 11.8. The number of nitrogens with one attached hydrogen (secondary N) is 2. The summed E-state index contributed by atoms with van der Waals surface area (Å²) >= 11 is 12.2. The number of H-pyrrole nitrogens is 1. The van der Waals surface area contributed by atoms with Crippen molar-refractivity contribution < 1.29 is 23.8 Å². The third-order valence-electron chi connectivity index (χ3n) is 6.48. The number of carbonyl (C=O) groups is 2. The van der Waals surface area contributed by atoms with Crippen LogP contribution in [0.2, 0.25) is 5.02 Å². The van der Waals surface area contributed by atoms with Crippen LogP contribution in [0.4, 0.5) is 0 Å². The number of rotatable bonds is 10. The summed E-state index contributed by atoms with van der Waals surface area (Å²) in [6.45, 7) is 4.59. The van der Waals surface area contributed by atoms with Crippen LogP contribution in [0.3, 0.4) is 0 Å². The van der Waals surface area contributed by atoms with Gasteiger partial charge in [-0.1, -0.05) is 57.9 Å². The highest BCUT2D eigenvalue weighted by molar-refractivity contribution is 14.1. The molecule has 0 saturated heterocycles. The standard InChI is InChI=1S/C33H26BrClIN3O5/c1-3-42-27-14-12-19(17-28(27)43-4-2)33(41)44-26-15-13-21(34)16-20(26)18-37-39-32(40)31-29(22-8-5-6-10-24(22)35)23-9-7-11-25(36)30(23)38-31/h5-18,38H,3-4H2,1-2H3,(H,39,40). The average Bonchev–Trinajstić information content (AvgIpc) is 3.40. The molecule has 0 unspecified atom stereocenters. The van der Waals surface area contributed by atoms with Gasteiger partial charge in [0, 0.05) is 35.1 Å². The van der Waals surface area contributed by atoms with Crippen LogP contribution >= 0.6 is 50.1 Å². The van der Waals surface area contributed by atoms with Crippen molar-refractivity contribution in [3.63, 3.8) is 0 Å². The Labute approximate surface area is 281 Å². The lowest BCUT2D eigenvalue weighted by Crippen LogP contribution is -2.19. The molecule has 2 N–H and O–H groups in total. The number of amides is 1. The van der Waals surface area contributed by atoms with Crippen molar-refractivity contribution in [3.8, 4) is 28.4 Å². The molecule has 4 aromatic carbocycles. The molecule has 0 aliphatic heterocycles. The first-order valence-corrected chi connectivity index (χ1v) is 15.9. The van der Waals surface area contributed by atoms with E-state index in [1.165, 1.54) is 6.21 Å². The summed E-state index contributed by atoms with van der Waals surface area (Å²) in [4.78, 5) is 29.8. The molecule has 11 heteroatoms. The van der Waals surface area contributed by atoms with Gasteiger partial charge >= 0.3 is 5.97 Å². The van der Waals surface area contributed by atoms with Crippen LogP contribution in [0.1, 0.15) is 40.3 Å². The van der Waals surface area contributed by atoms with E-state index in [0.717, 1.165) is 24.5 Å². The molecule has 0 radical (unpaired) electrons. The van der Waals surface area contributed by atoms with E-state index in [-0.39, 0.29) is 11.3 Å². The number of para-hydroxylation sites is 1. The minimum absolute atomic E-state index is 0.250. The third kappa shape index (κ3) is 6.92. The molecule has 0 fully saturated rings. The molecule has 5 aromatic rings. The molecule has 0 aliphatic rings.